The molecule has 2 heterocycles. The monoisotopic (exact) mass is 768 g/mol. The molecule has 59 heavy (non-hydrogen) atoms. The molecule has 0 atom stereocenters. The van der Waals surface area contributed by atoms with Gasteiger partial charge in [-0.3, -0.25) is 9.97 Å². The topological polar surface area (TPSA) is 52.1 Å². The molecule has 0 aliphatic heterocycles. The second kappa shape index (κ2) is 20.2. The summed E-state index contributed by atoms with van der Waals surface area (Å²) in [6, 6.07) is 57.4. The number of aromatic nitrogens is 2. The van der Waals surface area contributed by atoms with Crippen LogP contribution in [0.3, 0.4) is 0 Å². The molecule has 290 valence electrons. The van der Waals surface area contributed by atoms with Crippen LogP contribution in [-0.2, 0) is 0 Å². The molecule has 0 unspecified atom stereocenters. The lowest BCUT2D eigenvalue weighted by Crippen LogP contribution is -2.08. The molecule has 4 heteroatoms. The first-order chi connectivity index (χ1) is 28.6. The van der Waals surface area contributed by atoms with Gasteiger partial charge in [-0.1, -0.05) is 149 Å². The van der Waals surface area contributed by atoms with E-state index in [1.54, 1.807) is 30.5 Å². The van der Waals surface area contributed by atoms with Gasteiger partial charge in [0, 0.05) is 28.6 Å². The minimum absolute atomic E-state index is 0.365. The highest BCUT2D eigenvalue weighted by atomic mass is 16.5. The second-order valence-electron chi connectivity index (χ2n) is 14.6. The third-order valence-electron chi connectivity index (χ3n) is 9.53. The summed E-state index contributed by atoms with van der Waals surface area (Å²) in [5.41, 5.74) is 16.8. The van der Waals surface area contributed by atoms with Crippen LogP contribution < -0.4 is 4.74 Å². The highest BCUT2D eigenvalue weighted by molar-refractivity contribution is 5.91. The number of benzene rings is 6. The predicted octanol–water partition coefficient (Wildman–Crippen LogP) is 13.3. The fourth-order valence-corrected chi connectivity index (χ4v) is 5.86. The molecule has 8 rings (SSSR count). The number of carbonyl (C=O) groups excluding carboxylic acids is 1. The minimum Gasteiger partial charge on any atom is -0.421 e. The number of aryl methyl sites for hydroxylation is 6. The van der Waals surface area contributed by atoms with Gasteiger partial charge in [0.1, 0.15) is 5.75 Å². The molecule has 0 bridgehead atoms. The Balaban J connectivity index is 0.000000150. The lowest BCUT2D eigenvalue weighted by atomic mass is 10.0. The zero-order valence-corrected chi connectivity index (χ0v) is 34.5. The molecule has 0 N–H and O–H groups in total. The Kier molecular flexibility index (Phi) is 14.1. The van der Waals surface area contributed by atoms with E-state index in [-0.39, 0.29) is 5.97 Å². The SMILES string of the molecule is Cc1ccc(-c2ccc(-c3ccc(C)cn3)cc2)cc1.Cc1ccc(C#Cc2ccc(-c3ccc(C)cc3)cc2)cc1.Cc1ccc(C(=O)Oc2ccc(C)nc2)cc1. The number of ether oxygens (including phenoxy) is 1. The van der Waals surface area contributed by atoms with Crippen molar-refractivity contribution in [2.24, 2.45) is 0 Å². The van der Waals surface area contributed by atoms with Crippen molar-refractivity contribution < 1.29 is 9.53 Å². The number of carbonyl (C=O) groups is 1. The summed E-state index contributed by atoms with van der Waals surface area (Å²) in [7, 11) is 0. The fourth-order valence-electron chi connectivity index (χ4n) is 5.86. The summed E-state index contributed by atoms with van der Waals surface area (Å²) in [6.07, 6.45) is 3.45. The number of hydrogen-bond donors (Lipinski definition) is 0. The molecule has 0 fully saturated rings. The summed E-state index contributed by atoms with van der Waals surface area (Å²) < 4.78 is 5.19. The molecular formula is C55H48N2O2. The quantitative estimate of drug-likeness (QED) is 0.129. The Morgan fingerprint density at radius 2 is 0.780 bits per heavy atom. The van der Waals surface area contributed by atoms with Gasteiger partial charge in [0.15, 0.2) is 0 Å². The van der Waals surface area contributed by atoms with E-state index in [2.05, 4.69) is 183 Å². The lowest BCUT2D eigenvalue weighted by Gasteiger charge is -2.05. The van der Waals surface area contributed by atoms with Gasteiger partial charge in [0.05, 0.1) is 17.5 Å². The van der Waals surface area contributed by atoms with Crippen molar-refractivity contribution in [3.8, 4) is 51.1 Å². The molecule has 0 saturated heterocycles. The number of esters is 1. The van der Waals surface area contributed by atoms with Gasteiger partial charge in [-0.25, -0.2) is 4.79 Å². The smallest absolute Gasteiger partial charge is 0.343 e. The predicted molar refractivity (Wildman–Crippen MR) is 243 cm³/mol. The minimum atomic E-state index is -0.365. The number of rotatable bonds is 5. The Morgan fingerprint density at radius 3 is 1.22 bits per heavy atom. The summed E-state index contributed by atoms with van der Waals surface area (Å²) in [5.74, 6) is 6.52. The molecule has 2 aromatic heterocycles. The average Bonchev–Trinajstić information content (AvgIpc) is 3.26. The second-order valence-corrected chi connectivity index (χ2v) is 14.6. The van der Waals surface area contributed by atoms with E-state index >= 15 is 0 Å². The number of pyridine rings is 2. The van der Waals surface area contributed by atoms with Gasteiger partial charge in [-0.2, -0.15) is 0 Å². The van der Waals surface area contributed by atoms with E-state index in [1.165, 1.54) is 44.5 Å². The van der Waals surface area contributed by atoms with Crippen molar-refractivity contribution in [1.29, 1.82) is 0 Å². The van der Waals surface area contributed by atoms with E-state index in [9.17, 15) is 4.79 Å². The highest BCUT2D eigenvalue weighted by Gasteiger charge is 2.08. The van der Waals surface area contributed by atoms with E-state index < -0.39 is 0 Å². The van der Waals surface area contributed by atoms with E-state index in [1.807, 2.05) is 32.2 Å². The first-order valence-electron chi connectivity index (χ1n) is 19.7. The molecule has 0 aliphatic carbocycles. The Labute approximate surface area is 349 Å². The summed E-state index contributed by atoms with van der Waals surface area (Å²) in [5, 5.41) is 0. The van der Waals surface area contributed by atoms with E-state index in [4.69, 9.17) is 4.74 Å². The van der Waals surface area contributed by atoms with E-state index in [0.717, 1.165) is 33.6 Å². The van der Waals surface area contributed by atoms with Crippen molar-refractivity contribution in [2.75, 3.05) is 0 Å². The molecule has 0 aliphatic rings. The third kappa shape index (κ3) is 12.6. The van der Waals surface area contributed by atoms with Crippen LogP contribution in [0.25, 0.3) is 33.5 Å². The molecule has 0 saturated carbocycles. The van der Waals surface area contributed by atoms with Crippen molar-refractivity contribution >= 4 is 5.97 Å². The largest absolute Gasteiger partial charge is 0.421 e. The van der Waals surface area contributed by atoms with Crippen LogP contribution in [0.15, 0.2) is 182 Å². The maximum absolute atomic E-state index is 11.8. The molecule has 0 amide bonds. The first-order valence-corrected chi connectivity index (χ1v) is 19.7. The van der Waals surface area contributed by atoms with Crippen LogP contribution in [0.2, 0.25) is 0 Å². The van der Waals surface area contributed by atoms with Gasteiger partial charge >= 0.3 is 5.97 Å². The van der Waals surface area contributed by atoms with Crippen molar-refractivity contribution in [2.45, 2.75) is 41.5 Å². The van der Waals surface area contributed by atoms with Crippen LogP contribution >= 0.6 is 0 Å². The zero-order chi connectivity index (χ0) is 41.6. The molecular weight excluding hydrogens is 721 g/mol. The van der Waals surface area contributed by atoms with Gasteiger partial charge in [-0.15, -0.1) is 0 Å². The Hall–Kier alpha value is -7.35. The van der Waals surface area contributed by atoms with Crippen molar-refractivity contribution in [1.82, 2.24) is 9.97 Å². The zero-order valence-electron chi connectivity index (χ0n) is 34.5. The van der Waals surface area contributed by atoms with Gasteiger partial charge < -0.3 is 4.74 Å². The maximum Gasteiger partial charge on any atom is 0.343 e. The maximum atomic E-state index is 11.8. The average molecular weight is 769 g/mol. The van der Waals surface area contributed by atoms with Crippen LogP contribution in [0.1, 0.15) is 55.0 Å². The van der Waals surface area contributed by atoms with Crippen molar-refractivity contribution in [3.05, 3.63) is 232 Å². The van der Waals surface area contributed by atoms with Gasteiger partial charge in [0.25, 0.3) is 0 Å². The molecule has 4 nitrogen and oxygen atoms in total. The lowest BCUT2D eigenvalue weighted by molar-refractivity contribution is 0.0734. The molecule has 0 radical (unpaired) electrons. The molecule has 0 spiro atoms. The van der Waals surface area contributed by atoms with Gasteiger partial charge in [-0.05, 0) is 124 Å². The Morgan fingerprint density at radius 1 is 0.390 bits per heavy atom. The summed E-state index contributed by atoms with van der Waals surface area (Å²) >= 11 is 0. The number of hydrogen-bond acceptors (Lipinski definition) is 4. The molecule has 8 aromatic rings. The molecule has 6 aromatic carbocycles. The number of nitrogens with zero attached hydrogens (tertiary/aromatic N) is 2. The fraction of sp³-hybridized carbons (Fsp3) is 0.109. The third-order valence-corrected chi connectivity index (χ3v) is 9.53. The summed E-state index contributed by atoms with van der Waals surface area (Å²) in [6.45, 7) is 12.2. The van der Waals surface area contributed by atoms with Crippen LogP contribution in [0.4, 0.5) is 0 Å². The van der Waals surface area contributed by atoms with Crippen LogP contribution in [0, 0.1) is 53.4 Å². The Bertz CT molecular complexity index is 2550. The van der Waals surface area contributed by atoms with Gasteiger partial charge in [0.2, 0.25) is 0 Å². The van der Waals surface area contributed by atoms with Crippen LogP contribution in [0.5, 0.6) is 5.75 Å². The summed E-state index contributed by atoms with van der Waals surface area (Å²) in [4.78, 5) is 20.3. The highest BCUT2D eigenvalue weighted by Crippen LogP contribution is 2.24. The normalized spacial score (nSPS) is 10.1. The van der Waals surface area contributed by atoms with Crippen LogP contribution in [-0.4, -0.2) is 15.9 Å². The first kappa shape index (κ1) is 41.3. The standard InChI is InChI=1S/C22H18.C19H17N.C14H13NO2/c1-17-3-7-19(8-4-17)9-10-20-11-15-22(16-12-20)21-13-5-18(2)6-14-21;1-14-3-6-16(7-4-14)17-8-10-18(11-9-17)19-12-5-15(2)13-20-19;1-10-3-6-12(7-4-10)14(16)17-13-8-5-11(2)15-9-13/h3-8,11-16H,1-2H3;3-13H,1-2H3;3-9H,1-2H3. The van der Waals surface area contributed by atoms with Crippen molar-refractivity contribution in [3.63, 3.8) is 0 Å². The van der Waals surface area contributed by atoms with E-state index in [0.29, 0.717) is 11.3 Å².